The van der Waals surface area contributed by atoms with Crippen molar-refractivity contribution in [1.29, 1.82) is 5.26 Å². The number of carbonyl (C=O) groups excluding carboxylic acids is 1. The SMILES string of the molecule is COC(=O)c1ccc2c(c1)C(c1ccc(C#N)cc1C)=CCO2. The predicted molar refractivity (Wildman–Crippen MR) is 86.2 cm³/mol. The zero-order valence-electron chi connectivity index (χ0n) is 12.9. The molecule has 1 aliphatic rings. The fraction of sp³-hybridized carbons (Fsp3) is 0.158. The number of esters is 1. The Balaban J connectivity index is 2.11. The van der Waals surface area contributed by atoms with Crippen LogP contribution in [0.1, 0.15) is 32.6 Å². The van der Waals surface area contributed by atoms with Gasteiger partial charge in [0.05, 0.1) is 24.3 Å². The van der Waals surface area contributed by atoms with Crippen molar-refractivity contribution in [2.24, 2.45) is 0 Å². The van der Waals surface area contributed by atoms with Gasteiger partial charge in [0.2, 0.25) is 0 Å². The number of rotatable bonds is 2. The third-order valence-corrected chi connectivity index (χ3v) is 3.86. The molecule has 0 aromatic heterocycles. The largest absolute Gasteiger partial charge is 0.489 e. The molecule has 0 bridgehead atoms. The van der Waals surface area contributed by atoms with Gasteiger partial charge in [-0.05, 0) is 60.0 Å². The minimum Gasteiger partial charge on any atom is -0.489 e. The number of carbonyl (C=O) groups is 1. The van der Waals surface area contributed by atoms with E-state index < -0.39 is 0 Å². The topological polar surface area (TPSA) is 59.3 Å². The fourth-order valence-electron chi connectivity index (χ4n) is 2.73. The van der Waals surface area contributed by atoms with Gasteiger partial charge < -0.3 is 9.47 Å². The third-order valence-electron chi connectivity index (χ3n) is 3.86. The van der Waals surface area contributed by atoms with Crippen LogP contribution in [0.2, 0.25) is 0 Å². The molecule has 4 nitrogen and oxygen atoms in total. The van der Waals surface area contributed by atoms with Crippen LogP contribution in [0.5, 0.6) is 5.75 Å². The maximum Gasteiger partial charge on any atom is 0.337 e. The van der Waals surface area contributed by atoms with Crippen molar-refractivity contribution >= 4 is 11.5 Å². The molecule has 0 fully saturated rings. The normalized spacial score (nSPS) is 12.5. The summed E-state index contributed by atoms with van der Waals surface area (Å²) in [5.41, 5.74) is 4.99. The predicted octanol–water partition coefficient (Wildman–Crippen LogP) is 3.48. The van der Waals surface area contributed by atoms with Gasteiger partial charge in [-0.25, -0.2) is 4.79 Å². The van der Waals surface area contributed by atoms with Crippen molar-refractivity contribution in [2.75, 3.05) is 13.7 Å². The number of hydrogen-bond donors (Lipinski definition) is 0. The molecule has 2 aromatic rings. The quantitative estimate of drug-likeness (QED) is 0.797. The molecule has 0 radical (unpaired) electrons. The Hall–Kier alpha value is -3.06. The molecule has 2 aromatic carbocycles. The van der Waals surface area contributed by atoms with Gasteiger partial charge in [0.25, 0.3) is 0 Å². The summed E-state index contributed by atoms with van der Waals surface area (Å²) in [7, 11) is 1.36. The molecule has 1 aliphatic heterocycles. The van der Waals surface area contributed by atoms with Crippen LogP contribution in [0.25, 0.3) is 5.57 Å². The highest BCUT2D eigenvalue weighted by molar-refractivity contribution is 5.93. The van der Waals surface area contributed by atoms with Gasteiger partial charge in [-0.1, -0.05) is 6.07 Å². The molecule has 3 rings (SSSR count). The average molecular weight is 305 g/mol. The van der Waals surface area contributed by atoms with E-state index in [4.69, 9.17) is 14.7 Å². The third kappa shape index (κ3) is 2.69. The summed E-state index contributed by atoms with van der Waals surface area (Å²) in [6.07, 6.45) is 1.98. The molecule has 0 atom stereocenters. The molecule has 23 heavy (non-hydrogen) atoms. The van der Waals surface area contributed by atoms with Gasteiger partial charge in [0, 0.05) is 5.56 Å². The Bertz CT molecular complexity index is 859. The molecule has 0 saturated heterocycles. The van der Waals surface area contributed by atoms with Crippen molar-refractivity contribution in [2.45, 2.75) is 6.92 Å². The number of nitriles is 1. The Kier molecular flexibility index (Phi) is 3.86. The van der Waals surface area contributed by atoms with E-state index in [1.165, 1.54) is 7.11 Å². The van der Waals surface area contributed by atoms with Gasteiger partial charge in [-0.3, -0.25) is 0 Å². The Morgan fingerprint density at radius 1 is 1.22 bits per heavy atom. The molecule has 0 amide bonds. The molecule has 0 spiro atoms. The maximum absolute atomic E-state index is 11.8. The van der Waals surface area contributed by atoms with E-state index in [1.807, 2.05) is 25.1 Å². The number of hydrogen-bond acceptors (Lipinski definition) is 4. The maximum atomic E-state index is 11.8. The highest BCUT2D eigenvalue weighted by Gasteiger charge is 2.19. The molecule has 114 valence electrons. The second-order valence-electron chi connectivity index (χ2n) is 5.27. The van der Waals surface area contributed by atoms with Gasteiger partial charge in [-0.15, -0.1) is 0 Å². The van der Waals surface area contributed by atoms with Crippen LogP contribution in [0.15, 0.2) is 42.5 Å². The molecule has 1 heterocycles. The number of benzene rings is 2. The van der Waals surface area contributed by atoms with E-state index in [-0.39, 0.29) is 5.97 Å². The molecule has 0 saturated carbocycles. The van der Waals surface area contributed by atoms with Gasteiger partial charge in [0.15, 0.2) is 0 Å². The zero-order valence-corrected chi connectivity index (χ0v) is 12.9. The summed E-state index contributed by atoms with van der Waals surface area (Å²) in [6, 6.07) is 13.0. The molecule has 4 heteroatoms. The summed E-state index contributed by atoms with van der Waals surface area (Å²) >= 11 is 0. The van der Waals surface area contributed by atoms with E-state index >= 15 is 0 Å². The number of ether oxygens (including phenoxy) is 2. The van der Waals surface area contributed by atoms with E-state index in [1.54, 1.807) is 24.3 Å². The fourth-order valence-corrected chi connectivity index (χ4v) is 2.73. The summed E-state index contributed by atoms with van der Waals surface area (Å²) < 4.78 is 10.4. The van der Waals surface area contributed by atoms with Crippen LogP contribution in [-0.2, 0) is 4.74 Å². The van der Waals surface area contributed by atoms with Crippen molar-refractivity contribution in [3.05, 3.63) is 70.3 Å². The van der Waals surface area contributed by atoms with Crippen LogP contribution in [0.3, 0.4) is 0 Å². The highest BCUT2D eigenvalue weighted by Crippen LogP contribution is 2.36. The van der Waals surface area contributed by atoms with Crippen LogP contribution < -0.4 is 4.74 Å². The molecule has 0 aliphatic carbocycles. The summed E-state index contributed by atoms with van der Waals surface area (Å²) in [5, 5.41) is 9.01. The van der Waals surface area contributed by atoms with E-state index in [0.29, 0.717) is 17.7 Å². The molecule has 0 unspecified atom stereocenters. The zero-order chi connectivity index (χ0) is 16.4. The van der Waals surface area contributed by atoms with Crippen molar-refractivity contribution in [3.8, 4) is 11.8 Å². The first-order valence-corrected chi connectivity index (χ1v) is 7.21. The number of nitrogens with zero attached hydrogens (tertiary/aromatic N) is 1. The standard InChI is InChI=1S/C19H15NO3/c1-12-9-13(11-20)3-5-15(12)16-7-8-23-18-6-4-14(10-17(16)18)19(21)22-2/h3-7,9-10H,8H2,1-2H3. The number of methoxy groups -OCH3 is 1. The van der Waals surface area contributed by atoms with Crippen LogP contribution in [0.4, 0.5) is 0 Å². The van der Waals surface area contributed by atoms with Gasteiger partial charge in [0.1, 0.15) is 12.4 Å². The smallest absolute Gasteiger partial charge is 0.337 e. The monoisotopic (exact) mass is 305 g/mol. The molecule has 0 N–H and O–H groups in total. The Morgan fingerprint density at radius 3 is 2.74 bits per heavy atom. The van der Waals surface area contributed by atoms with Gasteiger partial charge >= 0.3 is 5.97 Å². The first-order chi connectivity index (χ1) is 11.1. The number of aryl methyl sites for hydroxylation is 1. The Labute approximate surface area is 134 Å². The summed E-state index contributed by atoms with van der Waals surface area (Å²) in [5.74, 6) is 0.355. The van der Waals surface area contributed by atoms with E-state index in [2.05, 4.69) is 6.07 Å². The first kappa shape index (κ1) is 14.9. The minimum atomic E-state index is -0.380. The lowest BCUT2D eigenvalue weighted by atomic mass is 9.90. The second-order valence-corrected chi connectivity index (χ2v) is 5.27. The first-order valence-electron chi connectivity index (χ1n) is 7.21. The Morgan fingerprint density at radius 2 is 2.04 bits per heavy atom. The van der Waals surface area contributed by atoms with Crippen molar-refractivity contribution in [3.63, 3.8) is 0 Å². The second kappa shape index (κ2) is 5.98. The van der Waals surface area contributed by atoms with Crippen LogP contribution >= 0.6 is 0 Å². The van der Waals surface area contributed by atoms with E-state index in [0.717, 1.165) is 28.0 Å². The lowest BCUT2D eigenvalue weighted by Crippen LogP contribution is -2.09. The molecular formula is C19H15NO3. The van der Waals surface area contributed by atoms with Crippen molar-refractivity contribution in [1.82, 2.24) is 0 Å². The summed E-state index contributed by atoms with van der Waals surface area (Å²) in [4.78, 5) is 11.8. The average Bonchev–Trinajstić information content (AvgIpc) is 2.60. The van der Waals surface area contributed by atoms with Crippen molar-refractivity contribution < 1.29 is 14.3 Å². The number of fused-ring (bicyclic) bond motifs is 1. The van der Waals surface area contributed by atoms with Crippen LogP contribution in [-0.4, -0.2) is 19.7 Å². The minimum absolute atomic E-state index is 0.380. The van der Waals surface area contributed by atoms with E-state index in [9.17, 15) is 4.79 Å². The highest BCUT2D eigenvalue weighted by atomic mass is 16.5. The van der Waals surface area contributed by atoms with Gasteiger partial charge in [-0.2, -0.15) is 5.26 Å². The lowest BCUT2D eigenvalue weighted by Gasteiger charge is -2.21. The van der Waals surface area contributed by atoms with Crippen LogP contribution in [0, 0.1) is 18.3 Å². The molecular weight excluding hydrogens is 290 g/mol. The lowest BCUT2D eigenvalue weighted by molar-refractivity contribution is 0.0600. The summed E-state index contributed by atoms with van der Waals surface area (Å²) in [6.45, 7) is 2.44.